The van der Waals surface area contributed by atoms with Crippen LogP contribution in [0.1, 0.15) is 21.6 Å². The van der Waals surface area contributed by atoms with Crippen molar-refractivity contribution in [2.45, 2.75) is 38.4 Å². The minimum Gasteiger partial charge on any atom is -0.441 e. The highest BCUT2D eigenvalue weighted by molar-refractivity contribution is 7.85. The summed E-state index contributed by atoms with van der Waals surface area (Å²) in [5.41, 5.74) is 2.29. The van der Waals surface area contributed by atoms with Gasteiger partial charge in [0.05, 0.1) is 25.1 Å². The van der Waals surface area contributed by atoms with Crippen LogP contribution in [0.15, 0.2) is 36.5 Å². The maximum absolute atomic E-state index is 13.0. The highest BCUT2D eigenvalue weighted by Gasteiger charge is 2.33. The van der Waals surface area contributed by atoms with E-state index in [0.717, 1.165) is 17.9 Å². The molecule has 9 nitrogen and oxygen atoms in total. The molecule has 3 rings (SSSR count). The lowest BCUT2D eigenvalue weighted by Gasteiger charge is -2.15. The number of aromatic amines is 1. The molecule has 0 bridgehead atoms. The summed E-state index contributed by atoms with van der Waals surface area (Å²) in [5, 5.41) is 0. The van der Waals surface area contributed by atoms with E-state index in [1.165, 1.54) is 4.90 Å². The quantitative estimate of drug-likeness (QED) is 0.220. The van der Waals surface area contributed by atoms with Gasteiger partial charge in [0, 0.05) is 37.7 Å². The maximum Gasteiger partial charge on any atom is 0.414 e. The number of aromatic nitrogens is 1. The molecule has 1 aromatic heterocycles. The van der Waals surface area contributed by atoms with Crippen LogP contribution in [0.5, 0.6) is 0 Å². The zero-order valence-corrected chi connectivity index (χ0v) is 21.1. The maximum atomic E-state index is 13.0. The fraction of sp³-hybridized carbons (Fsp3) is 0.455. The molecule has 33 heavy (non-hydrogen) atoms. The number of nitrogens with zero attached hydrogens (tertiary/aromatic N) is 1. The summed E-state index contributed by atoms with van der Waals surface area (Å²) < 4.78 is 37.9. The second-order valence-corrected chi connectivity index (χ2v) is 16.5. The molecule has 1 aromatic carbocycles. The van der Waals surface area contributed by atoms with Gasteiger partial charge in [0.15, 0.2) is 0 Å². The topological polar surface area (TPSA) is 115 Å². The van der Waals surface area contributed by atoms with Crippen molar-refractivity contribution in [3.05, 3.63) is 53.3 Å². The predicted octanol–water partition coefficient (Wildman–Crippen LogP) is 3.40. The number of nitrogens with one attached hydrogen (secondary N) is 1. The highest BCUT2D eigenvalue weighted by atomic mass is 32.2. The molecule has 0 unspecified atom stereocenters. The highest BCUT2D eigenvalue weighted by Crippen LogP contribution is 2.24. The molecular formula is C22H30N2O7SSi. The van der Waals surface area contributed by atoms with Gasteiger partial charge in [-0.05, 0) is 36.4 Å². The van der Waals surface area contributed by atoms with Gasteiger partial charge in [0.2, 0.25) is 5.78 Å². The van der Waals surface area contributed by atoms with E-state index >= 15 is 0 Å². The molecule has 1 amide bonds. The van der Waals surface area contributed by atoms with Gasteiger partial charge in [-0.15, -0.1) is 0 Å². The molecular weight excluding hydrogens is 464 g/mol. The summed E-state index contributed by atoms with van der Waals surface area (Å²) >= 11 is 0. The summed E-state index contributed by atoms with van der Waals surface area (Å²) in [7, 11) is -4.80. The van der Waals surface area contributed by atoms with Crippen LogP contribution in [0.2, 0.25) is 25.7 Å². The zero-order chi connectivity index (χ0) is 24.2. The Bertz CT molecular complexity index is 1090. The lowest BCUT2D eigenvalue weighted by atomic mass is 10.1. The number of H-pyrrole nitrogens is 1. The number of hydrogen-bond acceptors (Lipinski definition) is 7. The number of cyclic esters (lactones) is 1. The van der Waals surface area contributed by atoms with E-state index in [-0.39, 0.29) is 18.9 Å². The number of ether oxygens (including phenoxy) is 2. The van der Waals surface area contributed by atoms with Crippen molar-refractivity contribution in [2.24, 2.45) is 0 Å². The zero-order valence-electron chi connectivity index (χ0n) is 19.3. The number of ketones is 1. The molecule has 2 heterocycles. The molecule has 0 spiro atoms. The summed E-state index contributed by atoms with van der Waals surface area (Å²) in [6.45, 7) is 7.81. The van der Waals surface area contributed by atoms with E-state index in [2.05, 4.69) is 24.6 Å². The standard InChI is InChI=1S/C22H30N2O7SSi/c1-32(27,28)30-15-19-13-24(22(26)31-19)18-7-5-16(6-8-18)21(25)20-17(9-10-23-20)14-29-11-12-33(2,3)4/h5-10,19,23H,11-15H2,1-4H3/t19-/m1/s1. The lowest BCUT2D eigenvalue weighted by molar-refractivity contribution is 0.102. The summed E-state index contributed by atoms with van der Waals surface area (Å²) in [4.78, 5) is 29.5. The molecule has 11 heteroatoms. The van der Waals surface area contributed by atoms with Crippen molar-refractivity contribution in [1.29, 1.82) is 0 Å². The van der Waals surface area contributed by atoms with Crippen LogP contribution in [0.25, 0.3) is 0 Å². The lowest BCUT2D eigenvalue weighted by Crippen LogP contribution is -2.26. The van der Waals surface area contributed by atoms with Crippen LogP contribution in [-0.2, 0) is 30.4 Å². The van der Waals surface area contributed by atoms with Crippen LogP contribution in [0.4, 0.5) is 10.5 Å². The van der Waals surface area contributed by atoms with Gasteiger partial charge in [0.25, 0.3) is 10.1 Å². The molecule has 1 aliphatic heterocycles. The van der Waals surface area contributed by atoms with Crippen molar-refractivity contribution in [2.75, 3.05) is 30.9 Å². The fourth-order valence-corrected chi connectivity index (χ4v) is 4.41. The molecule has 1 atom stereocenters. The number of anilines is 1. The minimum atomic E-state index is -3.62. The SMILES string of the molecule is C[Si](C)(C)CCOCc1cc[nH]c1C(=O)c1ccc(N2C[C@H](COS(C)(=O)=O)OC2=O)cc1. The average molecular weight is 495 g/mol. The molecule has 1 fully saturated rings. The fourth-order valence-electron chi connectivity index (χ4n) is 3.25. The first-order valence-electron chi connectivity index (χ1n) is 10.6. The van der Waals surface area contributed by atoms with Gasteiger partial charge < -0.3 is 14.5 Å². The second-order valence-electron chi connectivity index (χ2n) is 9.22. The van der Waals surface area contributed by atoms with Crippen molar-refractivity contribution >= 4 is 35.8 Å². The number of hydrogen-bond donors (Lipinski definition) is 1. The number of amides is 1. The molecule has 1 N–H and O–H groups in total. The first-order chi connectivity index (χ1) is 15.4. The molecule has 0 saturated carbocycles. The largest absolute Gasteiger partial charge is 0.441 e. The van der Waals surface area contributed by atoms with E-state index < -0.39 is 30.4 Å². The van der Waals surface area contributed by atoms with E-state index in [1.807, 2.05) is 6.07 Å². The number of rotatable bonds is 11. The third-order valence-electron chi connectivity index (χ3n) is 5.10. The molecule has 1 aliphatic rings. The van der Waals surface area contributed by atoms with Crippen LogP contribution >= 0.6 is 0 Å². The first kappa shape index (κ1) is 25.2. The predicted molar refractivity (Wildman–Crippen MR) is 127 cm³/mol. The van der Waals surface area contributed by atoms with Crippen LogP contribution < -0.4 is 4.90 Å². The Kier molecular flexibility index (Phi) is 7.78. The average Bonchev–Trinajstić information content (AvgIpc) is 3.34. The van der Waals surface area contributed by atoms with Crippen LogP contribution in [0, 0.1) is 0 Å². The van der Waals surface area contributed by atoms with Crippen molar-refractivity contribution < 1.29 is 31.7 Å². The van der Waals surface area contributed by atoms with Crippen LogP contribution in [0.3, 0.4) is 0 Å². The number of carbonyl (C=O) groups excluding carboxylic acids is 2. The third-order valence-corrected chi connectivity index (χ3v) is 7.37. The minimum absolute atomic E-state index is 0.150. The van der Waals surface area contributed by atoms with Crippen molar-refractivity contribution in [1.82, 2.24) is 4.98 Å². The smallest absolute Gasteiger partial charge is 0.414 e. The van der Waals surface area contributed by atoms with E-state index in [4.69, 9.17) is 13.7 Å². The Balaban J connectivity index is 1.61. The Morgan fingerprint density at radius 1 is 1.21 bits per heavy atom. The first-order valence-corrected chi connectivity index (χ1v) is 16.2. The molecule has 0 radical (unpaired) electrons. The number of carbonyl (C=O) groups is 2. The van der Waals surface area contributed by atoms with E-state index in [9.17, 15) is 18.0 Å². The van der Waals surface area contributed by atoms with Gasteiger partial charge in [-0.2, -0.15) is 8.42 Å². The summed E-state index contributed by atoms with van der Waals surface area (Å²) in [6.07, 6.45) is 1.36. The Hall–Kier alpha value is -2.47. The van der Waals surface area contributed by atoms with Gasteiger partial charge in [-0.3, -0.25) is 13.9 Å². The Morgan fingerprint density at radius 3 is 2.55 bits per heavy atom. The van der Waals surface area contributed by atoms with Crippen LogP contribution in [-0.4, -0.2) is 65.5 Å². The van der Waals surface area contributed by atoms with Crippen molar-refractivity contribution in [3.8, 4) is 0 Å². The molecule has 1 saturated heterocycles. The van der Waals surface area contributed by atoms with E-state index in [0.29, 0.717) is 30.2 Å². The normalized spacial score (nSPS) is 16.8. The van der Waals surface area contributed by atoms with Crippen molar-refractivity contribution in [3.63, 3.8) is 0 Å². The summed E-state index contributed by atoms with van der Waals surface area (Å²) in [6, 6.07) is 9.49. The molecule has 2 aromatic rings. The van der Waals surface area contributed by atoms with Gasteiger partial charge in [-0.25, -0.2) is 4.79 Å². The monoisotopic (exact) mass is 494 g/mol. The van der Waals surface area contributed by atoms with E-state index in [1.54, 1.807) is 30.5 Å². The second kappa shape index (κ2) is 10.2. The third kappa shape index (κ3) is 7.26. The Labute approximate surface area is 195 Å². The number of benzene rings is 1. The molecule has 0 aliphatic carbocycles. The Morgan fingerprint density at radius 2 is 1.91 bits per heavy atom. The molecule has 180 valence electrons. The summed E-state index contributed by atoms with van der Waals surface area (Å²) in [5.74, 6) is -0.168. The van der Waals surface area contributed by atoms with Gasteiger partial charge in [-0.1, -0.05) is 19.6 Å². The van der Waals surface area contributed by atoms with Gasteiger partial charge in [0.1, 0.15) is 12.7 Å². The van der Waals surface area contributed by atoms with Gasteiger partial charge >= 0.3 is 6.09 Å².